The molecule has 0 radical (unpaired) electrons. The topological polar surface area (TPSA) is 128 Å². The number of hydrogen-bond acceptors (Lipinski definition) is 4. The van der Waals surface area contributed by atoms with Gasteiger partial charge in [0.2, 0.25) is 11.9 Å². The van der Waals surface area contributed by atoms with Crippen molar-refractivity contribution in [1.82, 2.24) is 11.5 Å². The quantitative estimate of drug-likeness (QED) is 0.138. The number of nitrogens with two attached hydrogens (primary N) is 2. The van der Waals surface area contributed by atoms with Gasteiger partial charge >= 0.3 is 0 Å². The van der Waals surface area contributed by atoms with Gasteiger partial charge in [-0.05, 0) is 0 Å². The van der Waals surface area contributed by atoms with E-state index in [4.69, 9.17) is 5.73 Å². The summed E-state index contributed by atoms with van der Waals surface area (Å²) in [4.78, 5) is 10.1. The van der Waals surface area contributed by atoms with E-state index in [2.05, 4.69) is 16.3 Å². The van der Waals surface area contributed by atoms with Gasteiger partial charge in [-0.25, -0.2) is 0 Å². The monoisotopic (exact) mass is 133 g/mol. The summed E-state index contributed by atoms with van der Waals surface area (Å²) in [5.74, 6) is 4.32. The van der Waals surface area contributed by atoms with E-state index >= 15 is 0 Å². The Morgan fingerprint density at radius 3 is 2.22 bits per heavy atom. The van der Waals surface area contributed by atoms with Crippen molar-refractivity contribution in [2.24, 2.45) is 16.7 Å². The van der Waals surface area contributed by atoms with Crippen molar-refractivity contribution in [2.45, 2.75) is 6.92 Å². The molecule has 0 unspecified atom stereocenters. The summed E-state index contributed by atoms with van der Waals surface area (Å²) in [6, 6.07) is 0. The zero-order chi connectivity index (χ0) is 6.57. The van der Waals surface area contributed by atoms with Gasteiger partial charge in [-0.3, -0.25) is 10.1 Å². The minimum absolute atomic E-state index is 0. The Kier molecular flexibility index (Phi) is 5.73. The molecule has 0 aromatic rings. The molecule has 6 heteroatoms. The largest absolute Gasteiger partial charge is 0.368 e. The fourth-order valence-corrected chi connectivity index (χ4v) is 0.213. The van der Waals surface area contributed by atoms with Crippen LogP contribution in [-0.4, -0.2) is 11.9 Å². The van der Waals surface area contributed by atoms with E-state index in [-0.39, 0.29) is 18.0 Å². The summed E-state index contributed by atoms with van der Waals surface area (Å²) in [6.07, 6.45) is 0. The minimum atomic E-state index is -0.281. The molecule has 0 fully saturated rings. The van der Waals surface area contributed by atoms with Crippen LogP contribution in [0.15, 0.2) is 5.10 Å². The number of hydrazone groups is 1. The summed E-state index contributed by atoms with van der Waals surface area (Å²) in [5, 5.41) is 5.15. The van der Waals surface area contributed by atoms with E-state index in [0.717, 1.165) is 0 Å². The van der Waals surface area contributed by atoms with Crippen molar-refractivity contribution >= 4 is 11.9 Å². The van der Waals surface area contributed by atoms with Gasteiger partial charge in [-0.2, -0.15) is 0 Å². The number of hydrogen-bond donors (Lipinski definition) is 4. The number of amides is 1. The zero-order valence-corrected chi connectivity index (χ0v) is 5.22. The van der Waals surface area contributed by atoms with Crippen LogP contribution < -0.4 is 23.0 Å². The van der Waals surface area contributed by atoms with E-state index < -0.39 is 0 Å². The standard InChI is InChI=1S/C3H8N4O.H3N/c1-2(8)6-3(4)7-5;/h5H2,1H3,(H3,4,6,7,8);1H3. The summed E-state index contributed by atoms with van der Waals surface area (Å²) in [6.45, 7) is 1.32. The van der Waals surface area contributed by atoms with Crippen molar-refractivity contribution < 1.29 is 4.79 Å². The molecule has 0 aliphatic heterocycles. The normalized spacial score (nSPS) is 9.67. The molecule has 9 heavy (non-hydrogen) atoms. The van der Waals surface area contributed by atoms with Crippen molar-refractivity contribution in [1.29, 1.82) is 0 Å². The third kappa shape index (κ3) is 6.70. The molecule has 0 spiro atoms. The van der Waals surface area contributed by atoms with Crippen LogP contribution in [0.4, 0.5) is 0 Å². The fourth-order valence-electron chi connectivity index (χ4n) is 0.213. The lowest BCUT2D eigenvalue weighted by atomic mass is 10.7. The van der Waals surface area contributed by atoms with Crippen LogP contribution in [0, 0.1) is 0 Å². The van der Waals surface area contributed by atoms with Gasteiger partial charge in [0.25, 0.3) is 0 Å². The Bertz CT molecular complexity index is 119. The number of nitrogens with zero attached hydrogens (tertiary/aromatic N) is 1. The van der Waals surface area contributed by atoms with Crippen LogP contribution in [0.5, 0.6) is 0 Å². The third-order valence-corrected chi connectivity index (χ3v) is 0.443. The Labute approximate surface area is 52.9 Å². The first-order valence-electron chi connectivity index (χ1n) is 1.97. The van der Waals surface area contributed by atoms with Crippen molar-refractivity contribution in [2.75, 3.05) is 0 Å². The molecule has 0 atom stereocenters. The maximum absolute atomic E-state index is 10.1. The van der Waals surface area contributed by atoms with Gasteiger partial charge in [0.1, 0.15) is 0 Å². The van der Waals surface area contributed by atoms with Crippen LogP contribution in [0.3, 0.4) is 0 Å². The van der Waals surface area contributed by atoms with Crippen molar-refractivity contribution in [3.05, 3.63) is 0 Å². The molecule has 0 heterocycles. The predicted octanol–water partition coefficient (Wildman–Crippen LogP) is -1.53. The second-order valence-corrected chi connectivity index (χ2v) is 1.20. The molecule has 0 aromatic carbocycles. The van der Waals surface area contributed by atoms with Crippen LogP contribution in [-0.2, 0) is 4.79 Å². The lowest BCUT2D eigenvalue weighted by Crippen LogP contribution is -2.35. The molecule has 1 amide bonds. The number of carbonyl (C=O) groups is 1. The van der Waals surface area contributed by atoms with E-state index in [1.807, 2.05) is 0 Å². The average molecular weight is 133 g/mol. The molecule has 0 saturated carbocycles. The Hall–Kier alpha value is -1.30. The van der Waals surface area contributed by atoms with Gasteiger partial charge in [-0.15, -0.1) is 5.10 Å². The zero-order valence-electron chi connectivity index (χ0n) is 5.22. The van der Waals surface area contributed by atoms with Gasteiger partial charge in [0.15, 0.2) is 0 Å². The average Bonchev–Trinajstić information content (AvgIpc) is 1.65. The molecule has 8 N–H and O–H groups in total. The lowest BCUT2D eigenvalue weighted by Gasteiger charge is -1.94. The highest BCUT2D eigenvalue weighted by molar-refractivity contribution is 5.94. The van der Waals surface area contributed by atoms with Crippen LogP contribution in [0.1, 0.15) is 6.92 Å². The van der Waals surface area contributed by atoms with Gasteiger partial charge in [0, 0.05) is 6.92 Å². The third-order valence-electron chi connectivity index (χ3n) is 0.443. The first-order valence-corrected chi connectivity index (χ1v) is 1.97. The highest BCUT2D eigenvalue weighted by Crippen LogP contribution is 1.56. The summed E-state index contributed by atoms with van der Waals surface area (Å²) >= 11 is 0. The molecule has 6 nitrogen and oxygen atoms in total. The van der Waals surface area contributed by atoms with Crippen LogP contribution >= 0.6 is 0 Å². The highest BCUT2D eigenvalue weighted by Gasteiger charge is 1.90. The lowest BCUT2D eigenvalue weighted by molar-refractivity contribution is -0.117. The van der Waals surface area contributed by atoms with Crippen molar-refractivity contribution in [3.63, 3.8) is 0 Å². The second-order valence-electron chi connectivity index (χ2n) is 1.20. The first kappa shape index (κ1) is 10.6. The molecule has 0 saturated heterocycles. The Morgan fingerprint density at radius 2 is 2.11 bits per heavy atom. The first-order chi connectivity index (χ1) is 3.66. The molecular formula is C3H11N5O. The van der Waals surface area contributed by atoms with E-state index in [0.29, 0.717) is 0 Å². The number of rotatable bonds is 0. The molecular weight excluding hydrogens is 122 g/mol. The molecule has 0 aliphatic carbocycles. The van der Waals surface area contributed by atoms with E-state index in [1.54, 1.807) is 0 Å². The SMILES string of the molecule is CC(=O)N/C(N)=N/N.N. The van der Waals surface area contributed by atoms with E-state index in [1.165, 1.54) is 6.92 Å². The minimum Gasteiger partial charge on any atom is -0.368 e. The van der Waals surface area contributed by atoms with Gasteiger partial charge in [-0.1, -0.05) is 0 Å². The van der Waals surface area contributed by atoms with E-state index in [9.17, 15) is 4.79 Å². The second kappa shape index (κ2) is 4.85. The molecule has 0 aliphatic rings. The summed E-state index contributed by atoms with van der Waals surface area (Å²) in [7, 11) is 0. The van der Waals surface area contributed by atoms with Crippen LogP contribution in [0.25, 0.3) is 0 Å². The molecule has 54 valence electrons. The number of carbonyl (C=O) groups excluding carboxylic acids is 1. The highest BCUT2D eigenvalue weighted by atomic mass is 16.1. The summed E-state index contributed by atoms with van der Waals surface area (Å²) < 4.78 is 0. The molecule has 0 rings (SSSR count). The fraction of sp³-hybridized carbons (Fsp3) is 0.333. The molecule has 0 bridgehead atoms. The van der Waals surface area contributed by atoms with Gasteiger partial charge in [0.05, 0.1) is 0 Å². The number of guanidine groups is 1. The Morgan fingerprint density at radius 1 is 1.67 bits per heavy atom. The van der Waals surface area contributed by atoms with Crippen molar-refractivity contribution in [3.8, 4) is 0 Å². The molecule has 0 aromatic heterocycles. The summed E-state index contributed by atoms with van der Waals surface area (Å²) in [5.41, 5.74) is 4.97. The Balaban J connectivity index is 0. The maximum atomic E-state index is 10.1. The smallest absolute Gasteiger partial charge is 0.223 e. The number of nitrogens with one attached hydrogen (secondary N) is 1. The van der Waals surface area contributed by atoms with Gasteiger partial charge < -0.3 is 17.7 Å². The van der Waals surface area contributed by atoms with Crippen LogP contribution in [0.2, 0.25) is 0 Å². The maximum Gasteiger partial charge on any atom is 0.223 e. The predicted molar refractivity (Wildman–Crippen MR) is 34.6 cm³/mol.